The number of carbonyl (C=O) groups is 1. The molecule has 2 N–H and O–H groups in total. The van der Waals surface area contributed by atoms with E-state index < -0.39 is 5.91 Å². The third kappa shape index (κ3) is 2.95. The Bertz CT molecular complexity index is 332. The Hall–Kier alpha value is -1.75. The van der Waals surface area contributed by atoms with E-state index in [-0.39, 0.29) is 5.69 Å². The first kappa shape index (κ1) is 10.3. The fourth-order valence-electron chi connectivity index (χ4n) is 0.816. The summed E-state index contributed by atoms with van der Waals surface area (Å²) in [4.78, 5) is 18.4. The van der Waals surface area contributed by atoms with Crippen molar-refractivity contribution in [3.63, 3.8) is 0 Å². The molecule has 0 radical (unpaired) electrons. The summed E-state index contributed by atoms with van der Waals surface area (Å²) in [5, 5.41) is 0. The highest BCUT2D eigenvalue weighted by molar-refractivity contribution is 5.90. The van der Waals surface area contributed by atoms with Crippen molar-refractivity contribution in [2.24, 2.45) is 5.73 Å². The van der Waals surface area contributed by atoms with Crippen molar-refractivity contribution in [3.05, 3.63) is 29.9 Å². The van der Waals surface area contributed by atoms with Gasteiger partial charge in [0.1, 0.15) is 5.69 Å². The lowest BCUT2D eigenvalue weighted by atomic mass is 10.3. The molecular weight excluding hydrogens is 182 g/mol. The molecule has 0 bridgehead atoms. The Kier molecular flexibility index (Phi) is 3.75. The maximum atomic E-state index is 10.7. The Morgan fingerprint density at radius 2 is 2.36 bits per heavy atom. The molecule has 1 aromatic rings. The van der Waals surface area contributed by atoms with Crippen molar-refractivity contribution in [2.45, 2.75) is 0 Å². The number of rotatable bonds is 4. The molecule has 5 heteroatoms. The molecule has 0 aliphatic rings. The fraction of sp³-hybridized carbons (Fsp3) is 0.222. The summed E-state index contributed by atoms with van der Waals surface area (Å²) in [6.45, 7) is 0.513. The maximum absolute atomic E-state index is 10.7. The number of methoxy groups -OCH3 is 1. The number of hydrogen-bond donors (Lipinski definition) is 1. The highest BCUT2D eigenvalue weighted by Crippen LogP contribution is 1.97. The first-order chi connectivity index (χ1) is 6.74. The summed E-state index contributed by atoms with van der Waals surface area (Å²) in [6.07, 6.45) is 6.37. The maximum Gasteiger partial charge on any atom is 0.268 e. The van der Waals surface area contributed by atoms with E-state index in [2.05, 4.69) is 9.97 Å². The van der Waals surface area contributed by atoms with E-state index in [9.17, 15) is 4.79 Å². The van der Waals surface area contributed by atoms with Crippen LogP contribution in [0.1, 0.15) is 16.2 Å². The largest absolute Gasteiger partial charge is 0.381 e. The summed E-state index contributed by atoms with van der Waals surface area (Å²) in [5.41, 5.74) is 5.83. The number of amides is 1. The molecule has 0 spiro atoms. The van der Waals surface area contributed by atoms with Crippen molar-refractivity contribution in [1.29, 1.82) is 0 Å². The second kappa shape index (κ2) is 5.08. The number of ether oxygens (including phenoxy) is 1. The van der Waals surface area contributed by atoms with Crippen LogP contribution in [-0.4, -0.2) is 29.6 Å². The van der Waals surface area contributed by atoms with Gasteiger partial charge in [-0.15, -0.1) is 0 Å². The van der Waals surface area contributed by atoms with Crippen LogP contribution >= 0.6 is 0 Å². The van der Waals surface area contributed by atoms with Gasteiger partial charge in [-0.25, -0.2) is 4.98 Å². The molecule has 1 rings (SSSR count). The predicted molar refractivity (Wildman–Crippen MR) is 51.5 cm³/mol. The summed E-state index contributed by atoms with van der Waals surface area (Å²) < 4.78 is 4.82. The molecule has 74 valence electrons. The summed E-state index contributed by atoms with van der Waals surface area (Å²) in [6, 6.07) is 0. The minimum atomic E-state index is -0.579. The van der Waals surface area contributed by atoms with Gasteiger partial charge in [-0.05, 0) is 6.08 Å². The highest BCUT2D eigenvalue weighted by atomic mass is 16.5. The zero-order chi connectivity index (χ0) is 10.4. The molecule has 0 aliphatic carbocycles. The van der Waals surface area contributed by atoms with Gasteiger partial charge in [0.05, 0.1) is 24.7 Å². The molecule has 0 saturated carbocycles. The SMILES string of the molecule is COC/C=C/c1cnc(C(N)=O)cn1. The number of carbonyl (C=O) groups excluding carboxylic acids is 1. The number of primary amides is 1. The van der Waals surface area contributed by atoms with E-state index in [4.69, 9.17) is 10.5 Å². The van der Waals surface area contributed by atoms with Crippen LogP contribution in [0.2, 0.25) is 0 Å². The third-order valence-corrected chi connectivity index (χ3v) is 1.48. The predicted octanol–water partition coefficient (Wildman–Crippen LogP) is 0.235. The molecular formula is C9H11N3O2. The van der Waals surface area contributed by atoms with Gasteiger partial charge in [0.15, 0.2) is 0 Å². The fourth-order valence-corrected chi connectivity index (χ4v) is 0.816. The lowest BCUT2D eigenvalue weighted by molar-refractivity contribution is 0.0995. The van der Waals surface area contributed by atoms with Gasteiger partial charge in [-0.1, -0.05) is 6.08 Å². The van der Waals surface area contributed by atoms with Gasteiger partial charge in [0, 0.05) is 7.11 Å². The molecule has 0 saturated heterocycles. The van der Waals surface area contributed by atoms with Gasteiger partial charge < -0.3 is 10.5 Å². The molecule has 0 aliphatic heterocycles. The number of hydrogen-bond acceptors (Lipinski definition) is 4. The molecule has 5 nitrogen and oxygen atoms in total. The smallest absolute Gasteiger partial charge is 0.268 e. The Morgan fingerprint density at radius 3 is 2.86 bits per heavy atom. The zero-order valence-electron chi connectivity index (χ0n) is 7.80. The first-order valence-electron chi connectivity index (χ1n) is 4.01. The van der Waals surface area contributed by atoms with Crippen molar-refractivity contribution in [3.8, 4) is 0 Å². The van der Waals surface area contributed by atoms with Crippen molar-refractivity contribution in [2.75, 3.05) is 13.7 Å². The number of aromatic nitrogens is 2. The van der Waals surface area contributed by atoms with E-state index in [0.717, 1.165) is 0 Å². The van der Waals surface area contributed by atoms with Crippen LogP contribution < -0.4 is 5.73 Å². The lowest BCUT2D eigenvalue weighted by Crippen LogP contribution is -2.13. The third-order valence-electron chi connectivity index (χ3n) is 1.48. The second-order valence-electron chi connectivity index (χ2n) is 2.55. The standard InChI is InChI=1S/C9H11N3O2/c1-14-4-2-3-7-5-12-8(6-11-7)9(10)13/h2-3,5-6H,4H2,1H3,(H2,10,13)/b3-2+. The quantitative estimate of drug-likeness (QED) is 0.742. The van der Waals surface area contributed by atoms with E-state index in [0.29, 0.717) is 12.3 Å². The minimum Gasteiger partial charge on any atom is -0.381 e. The van der Waals surface area contributed by atoms with E-state index in [1.54, 1.807) is 19.3 Å². The number of nitrogens with zero attached hydrogens (tertiary/aromatic N) is 2. The summed E-state index contributed by atoms with van der Waals surface area (Å²) >= 11 is 0. The van der Waals surface area contributed by atoms with Gasteiger partial charge in [-0.2, -0.15) is 0 Å². The van der Waals surface area contributed by atoms with Crippen LogP contribution in [-0.2, 0) is 4.74 Å². The molecule has 0 unspecified atom stereocenters. The van der Waals surface area contributed by atoms with Crippen molar-refractivity contribution < 1.29 is 9.53 Å². The lowest BCUT2D eigenvalue weighted by Gasteiger charge is -1.94. The molecule has 0 fully saturated rings. The van der Waals surface area contributed by atoms with Crippen molar-refractivity contribution >= 4 is 12.0 Å². The molecule has 0 atom stereocenters. The number of nitrogens with two attached hydrogens (primary N) is 1. The van der Waals surface area contributed by atoms with Gasteiger partial charge >= 0.3 is 0 Å². The molecule has 1 amide bonds. The van der Waals surface area contributed by atoms with E-state index in [1.165, 1.54) is 12.4 Å². The van der Waals surface area contributed by atoms with Crippen LogP contribution in [0.5, 0.6) is 0 Å². The van der Waals surface area contributed by atoms with E-state index >= 15 is 0 Å². The van der Waals surface area contributed by atoms with Gasteiger partial charge in [-0.3, -0.25) is 9.78 Å². The molecule has 0 aromatic carbocycles. The monoisotopic (exact) mass is 193 g/mol. The van der Waals surface area contributed by atoms with Crippen LogP contribution in [0.15, 0.2) is 18.5 Å². The van der Waals surface area contributed by atoms with E-state index in [1.807, 2.05) is 0 Å². The molecule has 14 heavy (non-hydrogen) atoms. The summed E-state index contributed by atoms with van der Waals surface area (Å²) in [5.74, 6) is -0.579. The summed E-state index contributed by atoms with van der Waals surface area (Å²) in [7, 11) is 1.60. The van der Waals surface area contributed by atoms with Crippen LogP contribution in [0.4, 0.5) is 0 Å². The zero-order valence-corrected chi connectivity index (χ0v) is 7.80. The van der Waals surface area contributed by atoms with Gasteiger partial charge in [0.25, 0.3) is 5.91 Å². The Labute approximate surface area is 81.6 Å². The van der Waals surface area contributed by atoms with Crippen LogP contribution in [0.3, 0.4) is 0 Å². The van der Waals surface area contributed by atoms with Crippen molar-refractivity contribution in [1.82, 2.24) is 9.97 Å². The average Bonchev–Trinajstić information content (AvgIpc) is 2.19. The highest BCUT2D eigenvalue weighted by Gasteiger charge is 2.00. The Morgan fingerprint density at radius 1 is 1.57 bits per heavy atom. The van der Waals surface area contributed by atoms with Crippen LogP contribution in [0, 0.1) is 0 Å². The molecule has 1 heterocycles. The first-order valence-corrected chi connectivity index (χ1v) is 4.01. The van der Waals surface area contributed by atoms with Gasteiger partial charge in [0.2, 0.25) is 0 Å². The topological polar surface area (TPSA) is 78.1 Å². The van der Waals surface area contributed by atoms with Crippen LogP contribution in [0.25, 0.3) is 6.08 Å². The second-order valence-corrected chi connectivity index (χ2v) is 2.55. The minimum absolute atomic E-state index is 0.161. The average molecular weight is 193 g/mol. The normalized spacial score (nSPS) is 10.6. The Balaban J connectivity index is 2.68. The molecule has 1 aromatic heterocycles.